The van der Waals surface area contributed by atoms with Crippen LogP contribution in [0.2, 0.25) is 5.02 Å². The molecule has 1 aliphatic rings. The van der Waals surface area contributed by atoms with Gasteiger partial charge in [-0.3, -0.25) is 0 Å². The number of fused-ring (bicyclic) bond motifs is 3. The topological polar surface area (TPSA) is 75.2 Å². The zero-order chi connectivity index (χ0) is 18.5. The molecule has 136 valence electrons. The molecule has 3 aromatic rings. The molecule has 0 aliphatic carbocycles. The summed E-state index contributed by atoms with van der Waals surface area (Å²) < 4.78 is 40.6. The first kappa shape index (κ1) is 17.9. The third-order valence-corrected chi connectivity index (χ3v) is 8.15. The molecule has 4 rings (SSSR count). The number of benzene rings is 1. The van der Waals surface area contributed by atoms with Crippen molar-refractivity contribution in [2.24, 2.45) is 0 Å². The summed E-state index contributed by atoms with van der Waals surface area (Å²) in [4.78, 5) is 8.73. The van der Waals surface area contributed by atoms with Crippen molar-refractivity contribution in [3.63, 3.8) is 0 Å². The average Bonchev–Trinajstić information content (AvgIpc) is 2.96. The number of nitrogens with one attached hydrogen (secondary N) is 1. The summed E-state index contributed by atoms with van der Waals surface area (Å²) in [7, 11) is -3.21. The summed E-state index contributed by atoms with van der Waals surface area (Å²) >= 11 is 5.82. The van der Waals surface area contributed by atoms with Crippen LogP contribution in [0.15, 0.2) is 24.5 Å². The third-order valence-electron chi connectivity index (χ3n) is 4.25. The Hall–Kier alpha value is -1.51. The van der Waals surface area contributed by atoms with Crippen molar-refractivity contribution in [1.82, 2.24) is 14.3 Å². The van der Waals surface area contributed by atoms with Crippen molar-refractivity contribution in [1.29, 1.82) is 0 Å². The van der Waals surface area contributed by atoms with Crippen LogP contribution in [0.1, 0.15) is 10.0 Å². The van der Waals surface area contributed by atoms with E-state index in [1.807, 2.05) is 0 Å². The summed E-state index contributed by atoms with van der Waals surface area (Å²) in [5, 5.41) is 4.16. The molecule has 26 heavy (non-hydrogen) atoms. The Morgan fingerprint density at radius 2 is 2.15 bits per heavy atom. The molecule has 0 radical (unpaired) electrons. The molecule has 0 saturated carbocycles. The predicted octanol–water partition coefficient (Wildman–Crippen LogP) is 2.54. The van der Waals surface area contributed by atoms with Crippen molar-refractivity contribution in [3.05, 3.63) is 45.4 Å². The Kier molecular flexibility index (Phi) is 4.53. The van der Waals surface area contributed by atoms with Gasteiger partial charge in [-0.1, -0.05) is 0 Å². The Labute approximate surface area is 160 Å². The molecule has 0 unspecified atom stereocenters. The van der Waals surface area contributed by atoms with Gasteiger partial charge in [-0.2, -0.15) is 0 Å². The van der Waals surface area contributed by atoms with Crippen molar-refractivity contribution in [2.75, 3.05) is 18.1 Å². The Balaban J connectivity index is 1.76. The minimum absolute atomic E-state index is 0.0336. The zero-order valence-electron chi connectivity index (χ0n) is 13.7. The molecule has 0 fully saturated rings. The fraction of sp³-hybridized carbons (Fsp3) is 0.250. The first-order valence-electron chi connectivity index (χ1n) is 7.75. The molecule has 10 heteroatoms. The average molecular weight is 460 g/mol. The zero-order valence-corrected chi connectivity index (χ0v) is 16.9. The fourth-order valence-corrected chi connectivity index (χ4v) is 6.67. The Morgan fingerprint density at radius 3 is 2.88 bits per heavy atom. The first-order chi connectivity index (χ1) is 12.3. The van der Waals surface area contributed by atoms with Crippen LogP contribution in [-0.4, -0.2) is 50.0 Å². The quantitative estimate of drug-likeness (QED) is 0.609. The van der Waals surface area contributed by atoms with Crippen LogP contribution < -0.4 is 5.32 Å². The van der Waals surface area contributed by atoms with Gasteiger partial charge in [0.1, 0.15) is 0 Å². The third kappa shape index (κ3) is 3.25. The van der Waals surface area contributed by atoms with Crippen LogP contribution in [0.5, 0.6) is 0 Å². The molecule has 0 spiro atoms. The minimum atomic E-state index is -3.21. The predicted molar refractivity (Wildman–Crippen MR) is 100 cm³/mol. The fourth-order valence-electron chi connectivity index (χ4n) is 2.99. The summed E-state index contributed by atoms with van der Waals surface area (Å²) in [5.41, 5.74) is 1.75. The number of aromatic nitrogens is 2. The maximum absolute atomic E-state index is 13.4. The van der Waals surface area contributed by atoms with E-state index in [1.54, 1.807) is 6.07 Å². The van der Waals surface area contributed by atoms with Gasteiger partial charge in [-0.15, -0.1) is 0 Å². The van der Waals surface area contributed by atoms with Gasteiger partial charge in [0.25, 0.3) is 0 Å². The first-order valence-corrected chi connectivity index (χ1v) is 11.7. The van der Waals surface area contributed by atoms with E-state index < -0.39 is 15.8 Å². The molecule has 0 saturated heterocycles. The van der Waals surface area contributed by atoms with Gasteiger partial charge >= 0.3 is 161 Å². The summed E-state index contributed by atoms with van der Waals surface area (Å²) in [6.45, 7) is 0.857. The second-order valence-electron chi connectivity index (χ2n) is 6.01. The Bertz CT molecular complexity index is 1120. The van der Waals surface area contributed by atoms with Gasteiger partial charge in [0.05, 0.1) is 0 Å². The number of sulfonamides is 1. The van der Waals surface area contributed by atoms with Crippen LogP contribution >= 0.6 is 11.6 Å². The molecule has 0 bridgehead atoms. The van der Waals surface area contributed by atoms with Gasteiger partial charge in [-0.05, 0) is 0 Å². The van der Waals surface area contributed by atoms with Crippen LogP contribution in [0.4, 0.5) is 15.9 Å². The molecular weight excluding hydrogens is 446 g/mol. The molecule has 3 heterocycles. The summed E-state index contributed by atoms with van der Waals surface area (Å²) in [6, 6.07) is 4.40. The number of hydrogen-bond acceptors (Lipinski definition) is 5. The van der Waals surface area contributed by atoms with Gasteiger partial charge in [-0.25, -0.2) is 0 Å². The summed E-state index contributed by atoms with van der Waals surface area (Å²) in [5.74, 6) is 0.156. The van der Waals surface area contributed by atoms with Crippen molar-refractivity contribution in [3.8, 4) is 0 Å². The van der Waals surface area contributed by atoms with Crippen molar-refractivity contribution >= 4 is 57.4 Å². The van der Waals surface area contributed by atoms with Gasteiger partial charge in [0.2, 0.25) is 0 Å². The van der Waals surface area contributed by atoms with Gasteiger partial charge in [0, 0.05) is 0 Å². The van der Waals surface area contributed by atoms with E-state index in [0.717, 1.165) is 19.8 Å². The molecule has 0 amide bonds. The van der Waals surface area contributed by atoms with Crippen LogP contribution in [0.3, 0.4) is 0 Å². The number of halogens is 2. The second-order valence-corrected chi connectivity index (χ2v) is 10.7. The number of nitrogens with zero attached hydrogens (tertiary/aromatic N) is 3. The normalized spacial score (nSPS) is 15.2. The van der Waals surface area contributed by atoms with Gasteiger partial charge in [0.15, 0.2) is 0 Å². The summed E-state index contributed by atoms with van der Waals surface area (Å²) in [6.07, 6.45) is 3.35. The second kappa shape index (κ2) is 6.58. The van der Waals surface area contributed by atoms with Crippen LogP contribution in [0.25, 0.3) is 9.78 Å². The molecule has 2 aromatic heterocycles. The van der Waals surface area contributed by atoms with E-state index in [9.17, 15) is 12.8 Å². The van der Waals surface area contributed by atoms with Crippen LogP contribution in [-0.2, 0) is 23.0 Å². The molecular formula is C16H14ClFN4O2SSe. The van der Waals surface area contributed by atoms with Crippen molar-refractivity contribution < 1.29 is 12.8 Å². The maximum atomic E-state index is 13.4. The number of hydrogen-bond donors (Lipinski definition) is 1. The van der Waals surface area contributed by atoms with E-state index in [2.05, 4.69) is 15.3 Å². The standard InChI is InChI=1S/C16H14ClFN4O2SSe/c1-25(23,24)22-5-4-10-13(7-22)26-16-14(10)15(19-8-20-16)21-9-2-3-12(18)11(17)6-9/h2-3,6,8H,4-5,7H2,1H3,(H,19,20,21). The molecule has 1 N–H and O–H groups in total. The van der Waals surface area contributed by atoms with E-state index in [-0.39, 0.29) is 19.5 Å². The van der Waals surface area contributed by atoms with Gasteiger partial charge < -0.3 is 0 Å². The molecule has 6 nitrogen and oxygen atoms in total. The number of anilines is 2. The van der Waals surface area contributed by atoms with Crippen LogP contribution in [0, 0.1) is 5.82 Å². The SMILES string of the molecule is CS(=O)(=O)N1CCc2c([se]c3ncnc(Nc4ccc(F)c(Cl)c4)c23)C1. The Morgan fingerprint density at radius 1 is 1.35 bits per heavy atom. The monoisotopic (exact) mass is 460 g/mol. The molecule has 1 aromatic carbocycles. The van der Waals surface area contributed by atoms with Crippen molar-refractivity contribution in [2.45, 2.75) is 13.0 Å². The van der Waals surface area contributed by atoms with E-state index in [1.165, 1.54) is 29.0 Å². The van der Waals surface area contributed by atoms with E-state index in [0.29, 0.717) is 31.0 Å². The molecule has 0 atom stereocenters. The number of rotatable bonds is 3. The van der Waals surface area contributed by atoms with E-state index >= 15 is 0 Å². The van der Waals surface area contributed by atoms with E-state index in [4.69, 9.17) is 11.6 Å². The molecule has 1 aliphatic heterocycles.